The Hall–Kier alpha value is -2.70. The molecule has 0 spiro atoms. The SMILES string of the molecule is CCOC(=O)/C(=N/NC1CC1)C(=O)/C(=C/N(C)C)c1ccc(F)cc1. The van der Waals surface area contributed by atoms with Crippen molar-refractivity contribution in [2.75, 3.05) is 20.7 Å². The minimum absolute atomic E-state index is 0.137. The van der Waals surface area contributed by atoms with Gasteiger partial charge in [0.1, 0.15) is 5.82 Å². The lowest BCUT2D eigenvalue weighted by Crippen LogP contribution is -2.30. The molecule has 1 N–H and O–H groups in total. The molecule has 134 valence electrons. The zero-order chi connectivity index (χ0) is 18.4. The molecule has 0 radical (unpaired) electrons. The maximum absolute atomic E-state index is 13.2. The van der Waals surface area contributed by atoms with Crippen LogP contribution in [0.1, 0.15) is 25.3 Å². The summed E-state index contributed by atoms with van der Waals surface area (Å²) in [6.07, 6.45) is 3.47. The predicted molar refractivity (Wildman–Crippen MR) is 93.3 cm³/mol. The number of halogens is 1. The van der Waals surface area contributed by atoms with E-state index in [4.69, 9.17) is 4.74 Å². The van der Waals surface area contributed by atoms with Gasteiger partial charge in [0.25, 0.3) is 0 Å². The number of carbonyl (C=O) groups excluding carboxylic acids is 2. The molecule has 7 heteroatoms. The number of esters is 1. The summed E-state index contributed by atoms with van der Waals surface area (Å²) >= 11 is 0. The van der Waals surface area contributed by atoms with Gasteiger partial charge in [-0.3, -0.25) is 4.79 Å². The number of rotatable bonds is 8. The van der Waals surface area contributed by atoms with Crippen molar-refractivity contribution in [3.63, 3.8) is 0 Å². The molecular weight excluding hydrogens is 325 g/mol. The molecule has 0 heterocycles. The number of allylic oxidation sites excluding steroid dienone is 1. The molecule has 0 bridgehead atoms. The Kier molecular flexibility index (Phi) is 6.27. The van der Waals surface area contributed by atoms with E-state index in [-0.39, 0.29) is 23.9 Å². The Morgan fingerprint density at radius 2 is 1.96 bits per heavy atom. The van der Waals surface area contributed by atoms with Gasteiger partial charge in [-0.2, -0.15) is 5.10 Å². The number of Topliss-reactive ketones (excluding diaryl/α,β-unsaturated/α-hetero) is 1. The van der Waals surface area contributed by atoms with Gasteiger partial charge in [-0.05, 0) is 37.5 Å². The van der Waals surface area contributed by atoms with Crippen LogP contribution in [0.25, 0.3) is 5.57 Å². The summed E-state index contributed by atoms with van der Waals surface area (Å²) in [6, 6.07) is 5.68. The van der Waals surface area contributed by atoms with E-state index in [9.17, 15) is 14.0 Å². The molecule has 0 aromatic heterocycles. The van der Waals surface area contributed by atoms with Gasteiger partial charge in [0.2, 0.25) is 11.5 Å². The van der Waals surface area contributed by atoms with E-state index in [2.05, 4.69) is 10.5 Å². The summed E-state index contributed by atoms with van der Waals surface area (Å²) in [5.74, 6) is -1.77. The average molecular weight is 347 g/mol. The molecule has 1 aliphatic carbocycles. The van der Waals surface area contributed by atoms with Crippen LogP contribution in [0.15, 0.2) is 35.6 Å². The van der Waals surface area contributed by atoms with Crippen LogP contribution in [-0.4, -0.2) is 49.1 Å². The number of hydrazone groups is 1. The van der Waals surface area contributed by atoms with Crippen molar-refractivity contribution in [2.24, 2.45) is 5.10 Å². The van der Waals surface area contributed by atoms with Gasteiger partial charge in [-0.15, -0.1) is 0 Å². The number of nitrogens with one attached hydrogen (secondary N) is 1. The second kappa shape index (κ2) is 8.41. The highest BCUT2D eigenvalue weighted by molar-refractivity contribution is 6.72. The standard InChI is InChI=1S/C18H22FN3O3/c1-4-25-18(24)16(21-20-14-9-10-14)17(23)15(11-22(2)3)12-5-7-13(19)8-6-12/h5-8,11,14,20H,4,9-10H2,1-3H3/b15-11+,21-16+. The van der Waals surface area contributed by atoms with Crippen molar-refractivity contribution in [3.05, 3.63) is 41.8 Å². The van der Waals surface area contributed by atoms with E-state index in [1.165, 1.54) is 24.3 Å². The van der Waals surface area contributed by atoms with Crippen molar-refractivity contribution in [1.82, 2.24) is 10.3 Å². The van der Waals surface area contributed by atoms with Crippen LogP contribution in [0.3, 0.4) is 0 Å². The van der Waals surface area contributed by atoms with E-state index < -0.39 is 17.6 Å². The summed E-state index contributed by atoms with van der Waals surface area (Å²) in [5, 5.41) is 3.98. The van der Waals surface area contributed by atoms with Gasteiger partial charge >= 0.3 is 5.97 Å². The number of carbonyl (C=O) groups is 2. The molecule has 25 heavy (non-hydrogen) atoms. The summed E-state index contributed by atoms with van der Waals surface area (Å²) in [6.45, 7) is 1.79. The predicted octanol–water partition coefficient (Wildman–Crippen LogP) is 1.97. The third kappa shape index (κ3) is 5.41. The van der Waals surface area contributed by atoms with Crippen molar-refractivity contribution in [1.29, 1.82) is 0 Å². The monoisotopic (exact) mass is 347 g/mol. The molecule has 0 saturated heterocycles. The fraction of sp³-hybridized carbons (Fsp3) is 0.389. The largest absolute Gasteiger partial charge is 0.461 e. The fourth-order valence-corrected chi connectivity index (χ4v) is 2.04. The van der Waals surface area contributed by atoms with Crippen LogP contribution in [0.5, 0.6) is 0 Å². The first kappa shape index (κ1) is 18.6. The number of hydrogen-bond acceptors (Lipinski definition) is 6. The maximum Gasteiger partial charge on any atom is 0.362 e. The molecule has 1 fully saturated rings. The van der Waals surface area contributed by atoms with Crippen LogP contribution in [-0.2, 0) is 14.3 Å². The van der Waals surface area contributed by atoms with E-state index in [1.54, 1.807) is 32.1 Å². The third-order valence-corrected chi connectivity index (χ3v) is 3.41. The second-order valence-electron chi connectivity index (χ2n) is 5.93. The van der Waals surface area contributed by atoms with E-state index in [1.807, 2.05) is 0 Å². The van der Waals surface area contributed by atoms with Gasteiger partial charge in [0.15, 0.2) is 0 Å². The van der Waals surface area contributed by atoms with Crippen molar-refractivity contribution in [2.45, 2.75) is 25.8 Å². The number of ketones is 1. The van der Waals surface area contributed by atoms with E-state index in [0.717, 1.165) is 12.8 Å². The average Bonchev–Trinajstić information content (AvgIpc) is 3.38. The number of ether oxygens (including phenoxy) is 1. The highest BCUT2D eigenvalue weighted by atomic mass is 19.1. The van der Waals surface area contributed by atoms with Crippen LogP contribution in [0, 0.1) is 5.82 Å². The molecule has 0 atom stereocenters. The normalized spacial score (nSPS) is 14.9. The van der Waals surface area contributed by atoms with Crippen LogP contribution >= 0.6 is 0 Å². The third-order valence-electron chi connectivity index (χ3n) is 3.41. The molecule has 0 amide bonds. The van der Waals surface area contributed by atoms with Gasteiger partial charge in [-0.1, -0.05) is 12.1 Å². The molecule has 0 unspecified atom stereocenters. The second-order valence-corrected chi connectivity index (χ2v) is 5.93. The highest BCUT2D eigenvalue weighted by Gasteiger charge is 2.28. The van der Waals surface area contributed by atoms with Gasteiger partial charge < -0.3 is 15.1 Å². The highest BCUT2D eigenvalue weighted by Crippen LogP contribution is 2.20. The van der Waals surface area contributed by atoms with E-state index >= 15 is 0 Å². The molecular formula is C18H22FN3O3. The molecule has 1 aromatic carbocycles. The first-order valence-electron chi connectivity index (χ1n) is 8.11. The Bertz CT molecular complexity index is 692. The van der Waals surface area contributed by atoms with Crippen LogP contribution in [0.4, 0.5) is 4.39 Å². The first-order chi connectivity index (χ1) is 11.9. The quantitative estimate of drug-likeness (QED) is 0.256. The minimum Gasteiger partial charge on any atom is -0.461 e. The Balaban J connectivity index is 2.37. The molecule has 1 aliphatic rings. The van der Waals surface area contributed by atoms with Crippen molar-refractivity contribution in [3.8, 4) is 0 Å². The van der Waals surface area contributed by atoms with Gasteiger partial charge in [0.05, 0.1) is 6.61 Å². The van der Waals surface area contributed by atoms with Crippen molar-refractivity contribution < 1.29 is 18.7 Å². The Labute approximate surface area is 146 Å². The molecule has 0 aliphatic heterocycles. The minimum atomic E-state index is -0.785. The molecule has 1 aromatic rings. The maximum atomic E-state index is 13.2. The lowest BCUT2D eigenvalue weighted by Gasteiger charge is -2.13. The number of nitrogens with zero attached hydrogens (tertiary/aromatic N) is 2. The molecule has 1 saturated carbocycles. The number of benzene rings is 1. The fourth-order valence-electron chi connectivity index (χ4n) is 2.04. The summed E-state index contributed by atoms with van der Waals surface area (Å²) in [4.78, 5) is 26.8. The lowest BCUT2D eigenvalue weighted by molar-refractivity contribution is -0.135. The molecule has 2 rings (SSSR count). The zero-order valence-electron chi connectivity index (χ0n) is 14.6. The summed E-state index contributed by atoms with van der Waals surface area (Å²) < 4.78 is 18.2. The van der Waals surface area contributed by atoms with E-state index in [0.29, 0.717) is 5.56 Å². The lowest BCUT2D eigenvalue weighted by atomic mass is 9.99. The zero-order valence-corrected chi connectivity index (χ0v) is 14.6. The Morgan fingerprint density at radius 3 is 2.48 bits per heavy atom. The molecule has 6 nitrogen and oxygen atoms in total. The van der Waals surface area contributed by atoms with Crippen LogP contribution < -0.4 is 5.43 Å². The van der Waals surface area contributed by atoms with Crippen LogP contribution in [0.2, 0.25) is 0 Å². The summed E-state index contributed by atoms with van der Waals surface area (Å²) in [5.41, 5.74) is 3.22. The number of hydrogen-bond donors (Lipinski definition) is 1. The summed E-state index contributed by atoms with van der Waals surface area (Å²) in [7, 11) is 3.50. The smallest absolute Gasteiger partial charge is 0.362 e. The van der Waals surface area contributed by atoms with Gasteiger partial charge in [0, 0.05) is 31.9 Å². The Morgan fingerprint density at radius 1 is 1.32 bits per heavy atom. The topological polar surface area (TPSA) is 71.0 Å². The first-order valence-corrected chi connectivity index (χ1v) is 8.11. The van der Waals surface area contributed by atoms with Gasteiger partial charge in [-0.25, -0.2) is 9.18 Å². The van der Waals surface area contributed by atoms with Crippen molar-refractivity contribution >= 4 is 23.0 Å².